The Bertz CT molecular complexity index is 814. The Morgan fingerprint density at radius 1 is 0.879 bits per heavy atom. The first-order valence-corrected chi connectivity index (χ1v) is 10.3. The Balaban J connectivity index is 1.58. The van der Waals surface area contributed by atoms with Crippen LogP contribution in [0.3, 0.4) is 0 Å². The van der Waals surface area contributed by atoms with Gasteiger partial charge in [-0.15, -0.1) is 0 Å². The smallest absolute Gasteiger partial charge is 0.333 e. The van der Waals surface area contributed by atoms with Gasteiger partial charge < -0.3 is 54.7 Å². The van der Waals surface area contributed by atoms with E-state index in [1.807, 2.05) is 0 Å². The van der Waals surface area contributed by atoms with Gasteiger partial charge in [0.05, 0.1) is 12.7 Å². The third kappa shape index (κ3) is 6.06. The van der Waals surface area contributed by atoms with E-state index in [-0.39, 0.29) is 5.75 Å². The summed E-state index contributed by atoms with van der Waals surface area (Å²) < 4.78 is 21.0. The Morgan fingerprint density at radius 3 is 2.15 bits per heavy atom. The molecule has 0 amide bonds. The molecule has 10 atom stereocenters. The molecule has 0 aliphatic carbocycles. The largest absolute Gasteiger partial charge is 0.508 e. The van der Waals surface area contributed by atoms with Crippen molar-refractivity contribution < 1.29 is 59.5 Å². The lowest BCUT2D eigenvalue weighted by Gasteiger charge is -2.42. The van der Waals surface area contributed by atoms with Crippen LogP contribution in [0, 0.1) is 0 Å². The monoisotopic (exact) mass is 472 g/mol. The first-order valence-electron chi connectivity index (χ1n) is 10.3. The van der Waals surface area contributed by atoms with E-state index in [1.54, 1.807) is 12.1 Å². The molecule has 1 aromatic rings. The van der Waals surface area contributed by atoms with Crippen LogP contribution >= 0.6 is 0 Å². The van der Waals surface area contributed by atoms with Crippen molar-refractivity contribution >= 4 is 12.0 Å². The highest BCUT2D eigenvalue weighted by atomic mass is 16.7. The Kier molecular flexibility index (Phi) is 8.39. The van der Waals surface area contributed by atoms with Crippen molar-refractivity contribution in [1.29, 1.82) is 0 Å². The van der Waals surface area contributed by atoms with Gasteiger partial charge in [0.2, 0.25) is 6.29 Å². The molecule has 3 rings (SSSR count). The Hall–Kier alpha value is -2.13. The second kappa shape index (κ2) is 10.9. The van der Waals surface area contributed by atoms with Crippen LogP contribution in [-0.2, 0) is 23.7 Å². The fourth-order valence-electron chi connectivity index (χ4n) is 3.40. The van der Waals surface area contributed by atoms with Crippen molar-refractivity contribution in [3.8, 4) is 5.75 Å². The minimum Gasteiger partial charge on any atom is -0.508 e. The van der Waals surface area contributed by atoms with E-state index in [0.717, 1.165) is 6.08 Å². The van der Waals surface area contributed by atoms with Gasteiger partial charge in [-0.3, -0.25) is 0 Å². The summed E-state index contributed by atoms with van der Waals surface area (Å²) in [5.41, 5.74) is 0.587. The number of carbonyl (C=O) groups is 1. The number of aromatic hydroxyl groups is 1. The molecule has 2 saturated heterocycles. The molecule has 2 aliphatic rings. The molecular weight excluding hydrogens is 444 g/mol. The second-order valence-corrected chi connectivity index (χ2v) is 7.89. The summed E-state index contributed by atoms with van der Waals surface area (Å²) in [6.45, 7) is 0.989. The molecule has 33 heavy (non-hydrogen) atoms. The van der Waals surface area contributed by atoms with E-state index in [0.29, 0.717) is 5.56 Å². The van der Waals surface area contributed by atoms with Crippen molar-refractivity contribution in [1.82, 2.24) is 0 Å². The van der Waals surface area contributed by atoms with Crippen LogP contribution in [0.15, 0.2) is 30.3 Å². The van der Waals surface area contributed by atoms with E-state index in [9.17, 15) is 40.5 Å². The molecule has 1 aromatic carbocycles. The zero-order valence-electron chi connectivity index (χ0n) is 17.6. The highest BCUT2D eigenvalue weighted by Crippen LogP contribution is 2.26. The Labute approximate surface area is 188 Å². The number of rotatable bonds is 6. The lowest BCUT2D eigenvalue weighted by molar-refractivity contribution is -0.323. The molecule has 184 valence electrons. The van der Waals surface area contributed by atoms with Crippen LogP contribution in [0.5, 0.6) is 5.75 Å². The van der Waals surface area contributed by atoms with Crippen LogP contribution in [0.4, 0.5) is 0 Å². The van der Waals surface area contributed by atoms with E-state index < -0.39 is 74.0 Å². The normalized spacial score (nSPS) is 39.5. The van der Waals surface area contributed by atoms with Gasteiger partial charge in [0.1, 0.15) is 48.5 Å². The van der Waals surface area contributed by atoms with Gasteiger partial charge >= 0.3 is 5.97 Å². The average molecular weight is 472 g/mol. The molecule has 0 aromatic heterocycles. The van der Waals surface area contributed by atoms with Gasteiger partial charge in [0.25, 0.3) is 0 Å². The van der Waals surface area contributed by atoms with E-state index in [1.165, 1.54) is 25.1 Å². The van der Waals surface area contributed by atoms with Gasteiger partial charge in [-0.05, 0) is 30.7 Å². The van der Waals surface area contributed by atoms with Gasteiger partial charge in [-0.2, -0.15) is 0 Å². The fraction of sp³-hybridized carbons (Fsp3) is 0.571. The van der Waals surface area contributed by atoms with Crippen LogP contribution in [0.25, 0.3) is 6.08 Å². The van der Waals surface area contributed by atoms with Crippen LogP contribution in [0.1, 0.15) is 12.5 Å². The standard InChI is InChI=1S/C21H28O12/c1-9-14(24)16(26)18(28)20(31-9)30-8-12-15(25)17(27)19(29)21(32-12)33-13(23)7-4-10-2-5-11(22)6-3-10/h2-7,9,12,14-22,24-29H,8H2,1H3/b7-4+/t9-,12+,14-,15+,16+,17-,18+,19+,20+,21-/m0/s1. The number of carbonyl (C=O) groups excluding carboxylic acids is 1. The molecule has 7 N–H and O–H groups in total. The molecule has 0 bridgehead atoms. The van der Waals surface area contributed by atoms with E-state index >= 15 is 0 Å². The van der Waals surface area contributed by atoms with Crippen molar-refractivity contribution in [3.63, 3.8) is 0 Å². The van der Waals surface area contributed by atoms with Crippen LogP contribution in [0.2, 0.25) is 0 Å². The zero-order valence-corrected chi connectivity index (χ0v) is 17.6. The van der Waals surface area contributed by atoms with Crippen LogP contribution in [-0.4, -0.2) is 110 Å². The molecule has 12 nitrogen and oxygen atoms in total. The number of hydrogen-bond donors (Lipinski definition) is 7. The molecule has 2 heterocycles. The number of aliphatic hydroxyl groups is 6. The van der Waals surface area contributed by atoms with Gasteiger partial charge in [0.15, 0.2) is 6.29 Å². The number of benzene rings is 1. The summed E-state index contributed by atoms with van der Waals surface area (Å²) in [5, 5.41) is 69.3. The minimum atomic E-state index is -1.75. The molecule has 0 radical (unpaired) electrons. The van der Waals surface area contributed by atoms with Crippen molar-refractivity contribution in [2.75, 3.05) is 6.61 Å². The highest BCUT2D eigenvalue weighted by Gasteiger charge is 2.47. The predicted molar refractivity (Wildman–Crippen MR) is 108 cm³/mol. The van der Waals surface area contributed by atoms with Gasteiger partial charge in [-0.25, -0.2) is 4.79 Å². The maximum absolute atomic E-state index is 12.1. The summed E-state index contributed by atoms with van der Waals surface area (Å²) in [6.07, 6.45) is -12.3. The number of phenolic OH excluding ortho intramolecular Hbond substituents is 1. The van der Waals surface area contributed by atoms with Gasteiger partial charge in [-0.1, -0.05) is 12.1 Å². The maximum atomic E-state index is 12.1. The third-order valence-electron chi connectivity index (χ3n) is 5.44. The number of hydrogen-bond acceptors (Lipinski definition) is 12. The van der Waals surface area contributed by atoms with Crippen molar-refractivity contribution in [3.05, 3.63) is 35.9 Å². The summed E-state index contributed by atoms with van der Waals surface area (Å²) in [7, 11) is 0. The zero-order chi connectivity index (χ0) is 24.3. The highest BCUT2D eigenvalue weighted by molar-refractivity contribution is 5.87. The van der Waals surface area contributed by atoms with E-state index in [4.69, 9.17) is 18.9 Å². The second-order valence-electron chi connectivity index (χ2n) is 7.89. The van der Waals surface area contributed by atoms with Crippen molar-refractivity contribution in [2.45, 2.75) is 68.3 Å². The summed E-state index contributed by atoms with van der Waals surface area (Å²) in [6, 6.07) is 5.96. The molecular formula is C21H28O12. The first kappa shape index (κ1) is 25.5. The number of ether oxygens (including phenoxy) is 4. The molecule has 2 fully saturated rings. The molecule has 2 aliphatic heterocycles. The number of aliphatic hydroxyl groups excluding tert-OH is 6. The lowest BCUT2D eigenvalue weighted by Crippen LogP contribution is -2.61. The quantitative estimate of drug-likeness (QED) is 0.172. The average Bonchev–Trinajstić information content (AvgIpc) is 2.79. The van der Waals surface area contributed by atoms with E-state index in [2.05, 4.69) is 0 Å². The minimum absolute atomic E-state index is 0.0561. The lowest BCUT2D eigenvalue weighted by atomic mass is 9.98. The SMILES string of the molecule is C[C@@H]1O[C@@H](OC[C@H]2O[C@@H](OC(=O)/C=C/c3ccc(O)cc3)[C@H](O)[C@@H](O)[C@@H]2O)[C@H](O)[C@H](O)[C@H]1O. The van der Waals surface area contributed by atoms with Gasteiger partial charge in [0, 0.05) is 6.08 Å². The Morgan fingerprint density at radius 2 is 1.48 bits per heavy atom. The van der Waals surface area contributed by atoms with Crippen LogP contribution < -0.4 is 0 Å². The third-order valence-corrected chi connectivity index (χ3v) is 5.44. The fourth-order valence-corrected chi connectivity index (χ4v) is 3.40. The number of phenols is 1. The van der Waals surface area contributed by atoms with Crippen molar-refractivity contribution in [2.24, 2.45) is 0 Å². The topological polar surface area (TPSA) is 196 Å². The molecule has 0 unspecified atom stereocenters. The summed E-state index contributed by atoms with van der Waals surface area (Å²) in [4.78, 5) is 12.1. The predicted octanol–water partition coefficient (Wildman–Crippen LogP) is -2.40. The molecule has 0 saturated carbocycles. The number of esters is 1. The molecule has 12 heteroatoms. The molecule has 0 spiro atoms. The maximum Gasteiger partial charge on any atom is 0.333 e. The summed E-state index contributed by atoms with van der Waals surface area (Å²) in [5.74, 6) is -0.854. The first-order chi connectivity index (χ1) is 15.6. The summed E-state index contributed by atoms with van der Waals surface area (Å²) >= 11 is 0.